The quantitative estimate of drug-likeness (QED) is 0.428. The summed E-state index contributed by atoms with van der Waals surface area (Å²) in [5.74, 6) is 0.163. The van der Waals surface area contributed by atoms with Gasteiger partial charge < -0.3 is 15.0 Å². The smallest absolute Gasteiger partial charge is 0.261 e. The first-order valence-corrected chi connectivity index (χ1v) is 11.8. The molecule has 0 bridgehead atoms. The molecule has 6 heteroatoms. The highest BCUT2D eigenvalue weighted by molar-refractivity contribution is 9.10. The minimum atomic E-state index is -0.671. The zero-order valence-electron chi connectivity index (χ0n) is 19.0. The van der Waals surface area contributed by atoms with Crippen LogP contribution in [0.3, 0.4) is 0 Å². The zero-order chi connectivity index (χ0) is 23.6. The number of likely N-dealkylation sites (N-methyl/N-ethyl adjacent to an activating group) is 1. The molecule has 0 radical (unpaired) electrons. The van der Waals surface area contributed by atoms with Gasteiger partial charge in [0.15, 0.2) is 6.61 Å². The minimum absolute atomic E-state index is 0.151. The number of rotatable bonds is 10. The van der Waals surface area contributed by atoms with Crippen LogP contribution in [0.25, 0.3) is 0 Å². The van der Waals surface area contributed by atoms with E-state index >= 15 is 0 Å². The Bertz CT molecular complexity index is 1050. The molecule has 0 saturated carbocycles. The maximum atomic E-state index is 13.4. The minimum Gasteiger partial charge on any atom is -0.484 e. The van der Waals surface area contributed by atoms with Crippen molar-refractivity contribution in [3.63, 3.8) is 0 Å². The summed E-state index contributed by atoms with van der Waals surface area (Å²) in [5.41, 5.74) is 3.11. The van der Waals surface area contributed by atoms with E-state index in [2.05, 4.69) is 28.2 Å². The molecule has 33 heavy (non-hydrogen) atoms. The number of amides is 2. The SMILES string of the molecule is CCc1ccc(OCC(=O)N(Cc2cccc(Br)c2)[C@@H](Cc2ccccc2)C(=O)NC)cc1. The highest BCUT2D eigenvalue weighted by Crippen LogP contribution is 2.19. The number of halogens is 1. The second kappa shape index (κ2) is 12.2. The fraction of sp³-hybridized carbons (Fsp3) is 0.259. The largest absolute Gasteiger partial charge is 0.484 e. The normalized spacial score (nSPS) is 11.5. The van der Waals surface area contributed by atoms with Gasteiger partial charge in [-0.25, -0.2) is 0 Å². The van der Waals surface area contributed by atoms with Crippen LogP contribution < -0.4 is 10.1 Å². The van der Waals surface area contributed by atoms with Crippen molar-refractivity contribution in [3.05, 3.63) is 100 Å². The van der Waals surface area contributed by atoms with Crippen molar-refractivity contribution in [3.8, 4) is 5.75 Å². The molecule has 0 aliphatic heterocycles. The van der Waals surface area contributed by atoms with E-state index in [1.54, 1.807) is 11.9 Å². The van der Waals surface area contributed by atoms with Crippen LogP contribution in [0.5, 0.6) is 5.75 Å². The monoisotopic (exact) mass is 508 g/mol. The van der Waals surface area contributed by atoms with Gasteiger partial charge in [0, 0.05) is 24.5 Å². The van der Waals surface area contributed by atoms with Crippen LogP contribution in [-0.4, -0.2) is 36.4 Å². The van der Waals surface area contributed by atoms with Crippen molar-refractivity contribution in [2.24, 2.45) is 0 Å². The molecule has 0 fully saturated rings. The van der Waals surface area contributed by atoms with Gasteiger partial charge in [0.1, 0.15) is 11.8 Å². The Morgan fingerprint density at radius 1 is 0.939 bits per heavy atom. The molecule has 1 N–H and O–H groups in total. The Morgan fingerprint density at radius 2 is 1.64 bits per heavy atom. The average Bonchev–Trinajstić information content (AvgIpc) is 2.85. The van der Waals surface area contributed by atoms with E-state index in [-0.39, 0.29) is 18.4 Å². The summed E-state index contributed by atoms with van der Waals surface area (Å²) >= 11 is 3.49. The van der Waals surface area contributed by atoms with Crippen LogP contribution in [0.4, 0.5) is 0 Å². The summed E-state index contributed by atoms with van der Waals surface area (Å²) in [6, 6.07) is 24.5. The third kappa shape index (κ3) is 7.19. The molecule has 3 rings (SSSR count). The van der Waals surface area contributed by atoms with Crippen molar-refractivity contribution in [2.45, 2.75) is 32.4 Å². The van der Waals surface area contributed by atoms with E-state index in [9.17, 15) is 9.59 Å². The van der Waals surface area contributed by atoms with E-state index in [1.807, 2.05) is 78.9 Å². The predicted octanol–water partition coefficient (Wildman–Crippen LogP) is 4.78. The summed E-state index contributed by atoms with van der Waals surface area (Å²) in [4.78, 5) is 27.9. The van der Waals surface area contributed by atoms with Crippen LogP contribution in [0, 0.1) is 0 Å². The molecule has 172 valence electrons. The van der Waals surface area contributed by atoms with Gasteiger partial charge in [0.05, 0.1) is 0 Å². The second-order valence-electron chi connectivity index (χ2n) is 7.76. The van der Waals surface area contributed by atoms with Crippen molar-refractivity contribution in [2.75, 3.05) is 13.7 Å². The predicted molar refractivity (Wildman–Crippen MR) is 134 cm³/mol. The lowest BCUT2D eigenvalue weighted by molar-refractivity contribution is -0.142. The van der Waals surface area contributed by atoms with E-state index in [0.29, 0.717) is 18.7 Å². The number of carbonyl (C=O) groups excluding carboxylic acids is 2. The van der Waals surface area contributed by atoms with Crippen molar-refractivity contribution >= 4 is 27.7 Å². The van der Waals surface area contributed by atoms with Gasteiger partial charge in [-0.1, -0.05) is 77.5 Å². The molecule has 3 aromatic rings. The molecule has 5 nitrogen and oxygen atoms in total. The van der Waals surface area contributed by atoms with E-state index in [4.69, 9.17) is 4.74 Å². The Labute approximate surface area is 203 Å². The molecule has 0 spiro atoms. The molecule has 0 aliphatic carbocycles. The Morgan fingerprint density at radius 3 is 2.27 bits per heavy atom. The number of hydrogen-bond acceptors (Lipinski definition) is 3. The van der Waals surface area contributed by atoms with Gasteiger partial charge >= 0.3 is 0 Å². The van der Waals surface area contributed by atoms with Gasteiger partial charge in [0.2, 0.25) is 5.91 Å². The topological polar surface area (TPSA) is 58.6 Å². The second-order valence-corrected chi connectivity index (χ2v) is 8.67. The zero-order valence-corrected chi connectivity index (χ0v) is 20.5. The summed E-state index contributed by atoms with van der Waals surface area (Å²) in [5, 5.41) is 2.72. The molecule has 0 heterocycles. The lowest BCUT2D eigenvalue weighted by Gasteiger charge is -2.31. The van der Waals surface area contributed by atoms with E-state index in [0.717, 1.165) is 22.0 Å². The first kappa shape index (κ1) is 24.5. The highest BCUT2D eigenvalue weighted by atomic mass is 79.9. The van der Waals surface area contributed by atoms with Gasteiger partial charge in [-0.15, -0.1) is 0 Å². The summed E-state index contributed by atoms with van der Waals surface area (Å²) in [6.07, 6.45) is 1.35. The lowest BCUT2D eigenvalue weighted by atomic mass is 10.0. The molecular formula is C27H29BrN2O3. The number of aryl methyl sites for hydroxylation is 1. The third-order valence-electron chi connectivity index (χ3n) is 5.45. The summed E-state index contributed by atoms with van der Waals surface area (Å²) < 4.78 is 6.71. The Kier molecular flexibility index (Phi) is 9.07. The molecule has 0 saturated heterocycles. The van der Waals surface area contributed by atoms with Gasteiger partial charge in [-0.3, -0.25) is 9.59 Å². The molecular weight excluding hydrogens is 480 g/mol. The number of nitrogens with one attached hydrogen (secondary N) is 1. The molecule has 1 atom stereocenters. The van der Waals surface area contributed by atoms with Crippen LogP contribution in [0.15, 0.2) is 83.3 Å². The lowest BCUT2D eigenvalue weighted by Crippen LogP contribution is -2.51. The highest BCUT2D eigenvalue weighted by Gasteiger charge is 2.30. The third-order valence-corrected chi connectivity index (χ3v) is 5.95. The summed E-state index contributed by atoms with van der Waals surface area (Å²) in [7, 11) is 1.59. The van der Waals surface area contributed by atoms with Crippen LogP contribution in [0.2, 0.25) is 0 Å². The number of benzene rings is 3. The fourth-order valence-electron chi connectivity index (χ4n) is 3.60. The molecule has 0 unspecified atom stereocenters. The average molecular weight is 509 g/mol. The van der Waals surface area contributed by atoms with E-state index in [1.165, 1.54) is 5.56 Å². The standard InChI is InChI=1S/C27H29BrN2O3/c1-3-20-12-14-24(15-13-20)33-19-26(31)30(18-22-10-7-11-23(28)16-22)25(27(32)29-2)17-21-8-5-4-6-9-21/h4-16,25H,3,17-19H2,1-2H3,(H,29,32)/t25-/m0/s1. The summed E-state index contributed by atoms with van der Waals surface area (Å²) in [6.45, 7) is 2.23. The number of hydrogen-bond donors (Lipinski definition) is 1. The van der Waals surface area contributed by atoms with Gasteiger partial charge in [-0.05, 0) is 47.4 Å². The maximum absolute atomic E-state index is 13.4. The number of nitrogens with zero attached hydrogens (tertiary/aromatic N) is 1. The van der Waals surface area contributed by atoms with Crippen LogP contribution in [0.1, 0.15) is 23.6 Å². The first-order chi connectivity index (χ1) is 16.0. The van der Waals surface area contributed by atoms with E-state index < -0.39 is 6.04 Å². The van der Waals surface area contributed by atoms with Gasteiger partial charge in [0.25, 0.3) is 5.91 Å². The number of carbonyl (C=O) groups is 2. The first-order valence-electron chi connectivity index (χ1n) is 11.0. The van der Waals surface area contributed by atoms with Crippen molar-refractivity contribution in [1.29, 1.82) is 0 Å². The fourth-order valence-corrected chi connectivity index (χ4v) is 4.05. The Hall–Kier alpha value is -3.12. The van der Waals surface area contributed by atoms with Crippen molar-refractivity contribution in [1.82, 2.24) is 10.2 Å². The van der Waals surface area contributed by atoms with Crippen LogP contribution >= 0.6 is 15.9 Å². The van der Waals surface area contributed by atoms with Gasteiger partial charge in [-0.2, -0.15) is 0 Å². The maximum Gasteiger partial charge on any atom is 0.261 e. The number of ether oxygens (including phenoxy) is 1. The molecule has 3 aromatic carbocycles. The Balaban J connectivity index is 1.85. The molecule has 2 amide bonds. The molecule has 0 aliphatic rings. The van der Waals surface area contributed by atoms with Crippen molar-refractivity contribution < 1.29 is 14.3 Å². The van der Waals surface area contributed by atoms with Crippen LogP contribution in [-0.2, 0) is 29.0 Å². The molecule has 0 aromatic heterocycles.